The molecule has 1 saturated carbocycles. The second-order valence-electron chi connectivity index (χ2n) is 9.49. The number of thiazole rings is 1. The number of non-ortho nitro benzene ring substituents is 1. The Labute approximate surface area is 192 Å². The van der Waals surface area contributed by atoms with Crippen molar-refractivity contribution < 1.29 is 4.92 Å². The van der Waals surface area contributed by atoms with E-state index < -0.39 is 0 Å². The van der Waals surface area contributed by atoms with E-state index in [-0.39, 0.29) is 16.0 Å². The van der Waals surface area contributed by atoms with Gasteiger partial charge >= 0.3 is 0 Å². The van der Waals surface area contributed by atoms with Gasteiger partial charge in [-0.25, -0.2) is 9.67 Å². The first-order valence-corrected chi connectivity index (χ1v) is 11.7. The molecule has 1 atom stereocenters. The maximum absolute atomic E-state index is 11.1. The third kappa shape index (κ3) is 5.05. The smallest absolute Gasteiger partial charge is 0.258 e. The summed E-state index contributed by atoms with van der Waals surface area (Å²) in [6, 6.07) is 14.7. The maximum atomic E-state index is 11.1. The lowest BCUT2D eigenvalue weighted by atomic mass is 9.72. The number of benzene rings is 2. The van der Waals surface area contributed by atoms with E-state index in [0.717, 1.165) is 34.6 Å². The lowest BCUT2D eigenvalue weighted by Crippen LogP contribution is -2.29. The summed E-state index contributed by atoms with van der Waals surface area (Å²) >= 11 is 1.53. The summed E-state index contributed by atoms with van der Waals surface area (Å²) < 4.78 is 1.91. The number of nitrogens with zero attached hydrogens (tertiary/aromatic N) is 4. The van der Waals surface area contributed by atoms with Gasteiger partial charge in [0.05, 0.1) is 16.3 Å². The molecule has 1 aromatic heterocycles. The standard InChI is InChI=1S/C25H28N4O2S/c1-17-5-9-20(10-6-17)26-24-28(27-21-13-18(2)14-25(3,4)15-21)23(16-32-24)19-7-11-22(12-8-19)29(30)31/h5-12,16,18H,13-15H2,1-4H3. The Morgan fingerprint density at radius 2 is 1.81 bits per heavy atom. The van der Waals surface area contributed by atoms with Gasteiger partial charge in [-0.3, -0.25) is 10.1 Å². The predicted octanol–water partition coefficient (Wildman–Crippen LogP) is 6.72. The van der Waals surface area contributed by atoms with E-state index in [0.29, 0.717) is 5.92 Å². The fourth-order valence-corrected chi connectivity index (χ4v) is 5.34. The Morgan fingerprint density at radius 3 is 2.44 bits per heavy atom. The van der Waals surface area contributed by atoms with Crippen molar-refractivity contribution in [1.82, 2.24) is 4.68 Å². The fourth-order valence-electron chi connectivity index (χ4n) is 4.49. The molecule has 0 amide bonds. The Balaban J connectivity index is 1.84. The summed E-state index contributed by atoms with van der Waals surface area (Å²) in [7, 11) is 0. The van der Waals surface area contributed by atoms with Gasteiger partial charge in [-0.2, -0.15) is 5.10 Å². The van der Waals surface area contributed by atoms with Crippen molar-refractivity contribution in [2.45, 2.75) is 47.0 Å². The van der Waals surface area contributed by atoms with Crippen LogP contribution in [0.5, 0.6) is 0 Å². The van der Waals surface area contributed by atoms with Gasteiger partial charge in [-0.15, -0.1) is 11.3 Å². The van der Waals surface area contributed by atoms with Crippen LogP contribution in [0.1, 0.15) is 45.6 Å². The molecule has 0 N–H and O–H groups in total. The Bertz CT molecular complexity index is 1220. The zero-order chi connectivity index (χ0) is 22.9. The second kappa shape index (κ2) is 8.82. The molecular weight excluding hydrogens is 420 g/mol. The number of rotatable bonds is 4. The number of nitro groups is 1. The molecule has 1 fully saturated rings. The van der Waals surface area contributed by atoms with Gasteiger partial charge in [0.15, 0.2) is 0 Å². The third-order valence-corrected chi connectivity index (χ3v) is 6.54. The number of hydrogen-bond donors (Lipinski definition) is 0. The van der Waals surface area contributed by atoms with Gasteiger partial charge < -0.3 is 0 Å². The summed E-state index contributed by atoms with van der Waals surface area (Å²) in [5.41, 5.74) is 5.29. The number of hydrogen-bond acceptors (Lipinski definition) is 5. The first kappa shape index (κ1) is 22.1. The van der Waals surface area contributed by atoms with Crippen molar-refractivity contribution in [3.8, 4) is 11.3 Å². The van der Waals surface area contributed by atoms with Gasteiger partial charge in [0.25, 0.3) is 5.69 Å². The van der Waals surface area contributed by atoms with Crippen molar-refractivity contribution in [3.05, 3.63) is 74.4 Å². The molecule has 32 heavy (non-hydrogen) atoms. The van der Waals surface area contributed by atoms with E-state index in [1.807, 2.05) is 34.3 Å². The molecule has 6 nitrogen and oxygen atoms in total. The summed E-state index contributed by atoms with van der Waals surface area (Å²) in [5, 5.41) is 18.2. The van der Waals surface area contributed by atoms with Crippen LogP contribution >= 0.6 is 11.3 Å². The van der Waals surface area contributed by atoms with Crippen molar-refractivity contribution in [2.75, 3.05) is 0 Å². The molecular formula is C25H28N4O2S. The highest BCUT2D eigenvalue weighted by Crippen LogP contribution is 2.37. The zero-order valence-corrected chi connectivity index (χ0v) is 19.7. The molecule has 0 saturated heterocycles. The summed E-state index contributed by atoms with van der Waals surface area (Å²) in [5.74, 6) is 0.581. The lowest BCUT2D eigenvalue weighted by molar-refractivity contribution is -0.384. The molecule has 4 rings (SSSR count). The third-order valence-electron chi connectivity index (χ3n) is 5.73. The van der Waals surface area contributed by atoms with Gasteiger partial charge in [0.2, 0.25) is 4.80 Å². The molecule has 3 aromatic rings. The van der Waals surface area contributed by atoms with Crippen LogP contribution in [-0.2, 0) is 0 Å². The molecule has 1 heterocycles. The van der Waals surface area contributed by atoms with Crippen LogP contribution in [-0.4, -0.2) is 15.3 Å². The van der Waals surface area contributed by atoms with Crippen LogP contribution in [0, 0.1) is 28.4 Å². The largest absolute Gasteiger partial charge is 0.269 e. The summed E-state index contributed by atoms with van der Waals surface area (Å²) in [6.07, 6.45) is 3.11. The van der Waals surface area contributed by atoms with Crippen molar-refractivity contribution in [1.29, 1.82) is 0 Å². The van der Waals surface area contributed by atoms with Crippen LogP contribution in [0.15, 0.2) is 64.0 Å². The minimum atomic E-state index is -0.380. The highest BCUT2D eigenvalue weighted by molar-refractivity contribution is 7.07. The molecule has 1 aliphatic carbocycles. The van der Waals surface area contributed by atoms with E-state index in [4.69, 9.17) is 10.1 Å². The molecule has 7 heteroatoms. The van der Waals surface area contributed by atoms with Gasteiger partial charge in [-0.1, -0.05) is 38.5 Å². The zero-order valence-electron chi connectivity index (χ0n) is 18.9. The monoisotopic (exact) mass is 448 g/mol. The second-order valence-corrected chi connectivity index (χ2v) is 10.3. The van der Waals surface area contributed by atoms with E-state index in [9.17, 15) is 10.1 Å². The first-order valence-electron chi connectivity index (χ1n) is 10.8. The molecule has 0 aliphatic heterocycles. The highest BCUT2D eigenvalue weighted by Gasteiger charge is 2.30. The Morgan fingerprint density at radius 1 is 1.12 bits per heavy atom. The average molecular weight is 449 g/mol. The van der Waals surface area contributed by atoms with Crippen LogP contribution in [0.25, 0.3) is 11.3 Å². The fraction of sp³-hybridized carbons (Fsp3) is 0.360. The summed E-state index contributed by atoms with van der Waals surface area (Å²) in [6.45, 7) is 8.93. The Kier molecular flexibility index (Phi) is 6.11. The minimum absolute atomic E-state index is 0.0780. The van der Waals surface area contributed by atoms with Crippen LogP contribution < -0.4 is 4.80 Å². The molecule has 1 aliphatic rings. The van der Waals surface area contributed by atoms with Gasteiger partial charge in [0.1, 0.15) is 0 Å². The SMILES string of the molecule is Cc1ccc(N=c2scc(-c3ccc([N+](=O)[O-])cc3)n2N=C2CC(C)CC(C)(C)C2)cc1. The van der Waals surface area contributed by atoms with Crippen LogP contribution in [0.2, 0.25) is 0 Å². The van der Waals surface area contributed by atoms with Crippen LogP contribution in [0.3, 0.4) is 0 Å². The van der Waals surface area contributed by atoms with E-state index in [1.165, 1.54) is 41.2 Å². The number of nitro benzene ring substituents is 1. The van der Waals surface area contributed by atoms with E-state index in [2.05, 4.69) is 27.7 Å². The van der Waals surface area contributed by atoms with Crippen molar-refractivity contribution >= 4 is 28.4 Å². The van der Waals surface area contributed by atoms with Gasteiger partial charge in [0, 0.05) is 28.8 Å². The molecule has 0 radical (unpaired) electrons. The van der Waals surface area contributed by atoms with Crippen LogP contribution in [0.4, 0.5) is 11.4 Å². The normalized spacial score (nSPS) is 19.9. The van der Waals surface area contributed by atoms with E-state index >= 15 is 0 Å². The molecule has 2 aromatic carbocycles. The molecule has 0 bridgehead atoms. The van der Waals surface area contributed by atoms with E-state index in [1.54, 1.807) is 12.1 Å². The minimum Gasteiger partial charge on any atom is -0.258 e. The summed E-state index contributed by atoms with van der Waals surface area (Å²) in [4.78, 5) is 16.3. The number of aromatic nitrogens is 1. The topological polar surface area (TPSA) is 72.8 Å². The number of aryl methyl sites for hydroxylation is 1. The molecule has 166 valence electrons. The predicted molar refractivity (Wildman–Crippen MR) is 130 cm³/mol. The van der Waals surface area contributed by atoms with Gasteiger partial charge in [-0.05, 0) is 61.8 Å². The van der Waals surface area contributed by atoms with Crippen molar-refractivity contribution in [2.24, 2.45) is 21.4 Å². The quantitative estimate of drug-likeness (QED) is 0.328. The average Bonchev–Trinajstić information content (AvgIpc) is 3.10. The first-order chi connectivity index (χ1) is 15.2. The molecule has 1 unspecified atom stereocenters. The lowest BCUT2D eigenvalue weighted by Gasteiger charge is -2.34. The highest BCUT2D eigenvalue weighted by atomic mass is 32.1. The molecule has 0 spiro atoms. The van der Waals surface area contributed by atoms with Crippen molar-refractivity contribution in [3.63, 3.8) is 0 Å². The Hall–Kier alpha value is -3.06. The maximum Gasteiger partial charge on any atom is 0.269 e.